The van der Waals surface area contributed by atoms with Crippen LogP contribution in [0.15, 0.2) is 17.5 Å². The molecule has 3 atom stereocenters. The summed E-state index contributed by atoms with van der Waals surface area (Å²) < 4.78 is 11.8. The Morgan fingerprint density at radius 1 is 1.45 bits per heavy atom. The molecule has 3 rings (SSSR count). The van der Waals surface area contributed by atoms with E-state index in [9.17, 15) is 0 Å². The van der Waals surface area contributed by atoms with Gasteiger partial charge in [-0.25, -0.2) is 0 Å². The van der Waals surface area contributed by atoms with Gasteiger partial charge in [0, 0.05) is 36.5 Å². The van der Waals surface area contributed by atoms with E-state index >= 15 is 0 Å². The van der Waals surface area contributed by atoms with Crippen molar-refractivity contribution in [2.45, 2.75) is 18.7 Å². The predicted octanol–water partition coefficient (Wildman–Crippen LogP) is 1.53. The van der Waals surface area contributed by atoms with Crippen LogP contribution < -0.4 is 0 Å². The zero-order valence-electron chi connectivity index (χ0n) is 12.3. The fourth-order valence-electron chi connectivity index (χ4n) is 3.14. The van der Waals surface area contributed by atoms with Crippen LogP contribution in [0.3, 0.4) is 0 Å². The highest BCUT2D eigenvalue weighted by atomic mass is 32.1. The maximum Gasteiger partial charge on any atom is 0.0768 e. The van der Waals surface area contributed by atoms with Gasteiger partial charge in [-0.15, -0.1) is 11.3 Å². The molecule has 0 aromatic carbocycles. The third-order valence-electron chi connectivity index (χ3n) is 4.26. The van der Waals surface area contributed by atoms with Gasteiger partial charge in [-0.05, 0) is 25.5 Å². The van der Waals surface area contributed by atoms with Gasteiger partial charge in [-0.1, -0.05) is 6.07 Å². The number of ether oxygens (including phenoxy) is 2. The highest BCUT2D eigenvalue weighted by Crippen LogP contribution is 2.33. The minimum atomic E-state index is 0.336. The molecular weight excluding hydrogens is 272 g/mol. The molecule has 2 fully saturated rings. The lowest BCUT2D eigenvalue weighted by atomic mass is 10.0. The van der Waals surface area contributed by atoms with Crippen molar-refractivity contribution in [3.63, 3.8) is 0 Å². The van der Waals surface area contributed by atoms with E-state index in [-0.39, 0.29) is 0 Å². The van der Waals surface area contributed by atoms with Crippen LogP contribution in [-0.4, -0.2) is 69.0 Å². The zero-order valence-corrected chi connectivity index (χ0v) is 13.1. The first-order valence-corrected chi connectivity index (χ1v) is 8.22. The summed E-state index contributed by atoms with van der Waals surface area (Å²) in [6.45, 7) is 5.61. The zero-order chi connectivity index (χ0) is 13.9. The van der Waals surface area contributed by atoms with Gasteiger partial charge in [0.15, 0.2) is 0 Å². The molecule has 0 amide bonds. The number of nitrogens with zero attached hydrogens (tertiary/aromatic N) is 2. The van der Waals surface area contributed by atoms with Crippen LogP contribution in [0.2, 0.25) is 0 Å². The largest absolute Gasteiger partial charge is 0.379 e. The van der Waals surface area contributed by atoms with E-state index in [2.05, 4.69) is 41.4 Å². The molecule has 112 valence electrons. The molecule has 0 saturated carbocycles. The first kappa shape index (κ1) is 14.5. The Kier molecular flexibility index (Phi) is 4.73. The molecule has 0 aliphatic carbocycles. The summed E-state index contributed by atoms with van der Waals surface area (Å²) in [5, 5.41) is 2.15. The van der Waals surface area contributed by atoms with Gasteiger partial charge in [0.25, 0.3) is 0 Å². The molecule has 0 bridgehead atoms. The van der Waals surface area contributed by atoms with Crippen molar-refractivity contribution >= 4 is 11.3 Å². The summed E-state index contributed by atoms with van der Waals surface area (Å²) in [7, 11) is 4.17. The topological polar surface area (TPSA) is 24.9 Å². The van der Waals surface area contributed by atoms with E-state index in [1.54, 1.807) is 0 Å². The molecule has 0 unspecified atom stereocenters. The second-order valence-corrected chi connectivity index (χ2v) is 7.02. The van der Waals surface area contributed by atoms with Crippen molar-refractivity contribution in [1.82, 2.24) is 9.80 Å². The predicted molar refractivity (Wildman–Crippen MR) is 81.1 cm³/mol. The SMILES string of the molecule is CN(C)CCO[C@H]1CN(Cc2cccs2)[C@@H]2COC[C@H]12. The Morgan fingerprint density at radius 2 is 2.35 bits per heavy atom. The maximum atomic E-state index is 6.12. The Balaban J connectivity index is 1.57. The number of likely N-dealkylation sites (N-methyl/N-ethyl adjacent to an activating group) is 1. The van der Waals surface area contributed by atoms with Gasteiger partial charge in [0.1, 0.15) is 0 Å². The lowest BCUT2D eigenvalue weighted by Gasteiger charge is -2.21. The van der Waals surface area contributed by atoms with E-state index in [0.29, 0.717) is 18.1 Å². The van der Waals surface area contributed by atoms with Gasteiger partial charge in [-0.2, -0.15) is 0 Å². The van der Waals surface area contributed by atoms with E-state index in [1.165, 1.54) is 4.88 Å². The average Bonchev–Trinajstić information content (AvgIpc) is 3.10. The second-order valence-electron chi connectivity index (χ2n) is 5.99. The highest BCUT2D eigenvalue weighted by Gasteiger charge is 2.45. The maximum absolute atomic E-state index is 6.12. The third-order valence-corrected chi connectivity index (χ3v) is 5.12. The van der Waals surface area contributed by atoms with Crippen LogP contribution in [0.5, 0.6) is 0 Å². The first-order valence-electron chi connectivity index (χ1n) is 7.34. The fraction of sp³-hybridized carbons (Fsp3) is 0.733. The van der Waals surface area contributed by atoms with Crippen molar-refractivity contribution in [2.75, 3.05) is 47.0 Å². The minimum Gasteiger partial charge on any atom is -0.379 e. The molecule has 20 heavy (non-hydrogen) atoms. The standard InChI is InChI=1S/C15H24N2O2S/c1-16(2)5-6-19-15-9-17(8-12-4-3-7-20-12)14-11-18-10-13(14)15/h3-4,7,13-15H,5-6,8-11H2,1-2H3/t13-,14+,15-/m0/s1. The summed E-state index contributed by atoms with van der Waals surface area (Å²) in [6.07, 6.45) is 0.336. The smallest absolute Gasteiger partial charge is 0.0768 e. The second kappa shape index (κ2) is 6.54. The lowest BCUT2D eigenvalue weighted by molar-refractivity contribution is 0.0133. The summed E-state index contributed by atoms with van der Waals surface area (Å²) in [6, 6.07) is 4.89. The van der Waals surface area contributed by atoms with Crippen LogP contribution in [0.1, 0.15) is 4.88 Å². The number of hydrogen-bond donors (Lipinski definition) is 0. The van der Waals surface area contributed by atoms with Crippen LogP contribution in [0.4, 0.5) is 0 Å². The molecule has 5 heteroatoms. The van der Waals surface area contributed by atoms with Crippen molar-refractivity contribution in [3.8, 4) is 0 Å². The number of likely N-dealkylation sites (tertiary alicyclic amines) is 1. The molecule has 3 heterocycles. The number of fused-ring (bicyclic) bond motifs is 1. The molecule has 2 aliphatic heterocycles. The molecule has 2 aliphatic rings. The lowest BCUT2D eigenvalue weighted by Crippen LogP contribution is -2.31. The van der Waals surface area contributed by atoms with Gasteiger partial charge in [-0.3, -0.25) is 4.90 Å². The Morgan fingerprint density at radius 3 is 3.10 bits per heavy atom. The highest BCUT2D eigenvalue weighted by molar-refractivity contribution is 7.09. The number of thiophene rings is 1. The number of rotatable bonds is 6. The average molecular weight is 296 g/mol. The van der Waals surface area contributed by atoms with Crippen molar-refractivity contribution < 1.29 is 9.47 Å². The van der Waals surface area contributed by atoms with Crippen LogP contribution in [0, 0.1) is 5.92 Å². The van der Waals surface area contributed by atoms with Gasteiger partial charge >= 0.3 is 0 Å². The summed E-state index contributed by atoms with van der Waals surface area (Å²) in [4.78, 5) is 6.15. The van der Waals surface area contributed by atoms with Gasteiger partial charge in [0.2, 0.25) is 0 Å². The number of hydrogen-bond acceptors (Lipinski definition) is 5. The molecule has 2 saturated heterocycles. The van der Waals surface area contributed by atoms with Crippen LogP contribution in [0.25, 0.3) is 0 Å². The summed E-state index contributed by atoms with van der Waals surface area (Å²) in [5.41, 5.74) is 0. The normalized spacial score (nSPS) is 30.2. The molecule has 0 spiro atoms. The van der Waals surface area contributed by atoms with E-state index in [1.807, 2.05) is 11.3 Å². The minimum absolute atomic E-state index is 0.336. The summed E-state index contributed by atoms with van der Waals surface area (Å²) in [5.74, 6) is 0.553. The van der Waals surface area contributed by atoms with E-state index < -0.39 is 0 Å². The Bertz CT molecular complexity index is 410. The Hall–Kier alpha value is -0.460. The third kappa shape index (κ3) is 3.23. The molecular formula is C15H24N2O2S. The van der Waals surface area contributed by atoms with Crippen molar-refractivity contribution in [3.05, 3.63) is 22.4 Å². The molecule has 0 radical (unpaired) electrons. The van der Waals surface area contributed by atoms with Gasteiger partial charge in [0.05, 0.1) is 25.9 Å². The first-order chi connectivity index (χ1) is 9.74. The fourth-order valence-corrected chi connectivity index (χ4v) is 3.87. The van der Waals surface area contributed by atoms with Crippen molar-refractivity contribution in [1.29, 1.82) is 0 Å². The monoisotopic (exact) mass is 296 g/mol. The molecule has 4 nitrogen and oxygen atoms in total. The molecule has 1 aromatic rings. The quantitative estimate of drug-likeness (QED) is 0.795. The summed E-state index contributed by atoms with van der Waals surface area (Å²) >= 11 is 1.84. The van der Waals surface area contributed by atoms with E-state index in [4.69, 9.17) is 9.47 Å². The van der Waals surface area contributed by atoms with Crippen LogP contribution in [-0.2, 0) is 16.0 Å². The van der Waals surface area contributed by atoms with Gasteiger partial charge < -0.3 is 14.4 Å². The Labute approximate surface area is 125 Å². The van der Waals surface area contributed by atoms with Crippen molar-refractivity contribution in [2.24, 2.45) is 5.92 Å². The van der Waals surface area contributed by atoms with Crippen LogP contribution >= 0.6 is 11.3 Å². The van der Waals surface area contributed by atoms with E-state index in [0.717, 1.165) is 39.5 Å². The molecule has 0 N–H and O–H groups in total. The molecule has 1 aromatic heterocycles.